The maximum atomic E-state index is 12.5. The van der Waals surface area contributed by atoms with Gasteiger partial charge in [-0.3, -0.25) is 9.32 Å². The number of carbonyl (C=O) groups is 1. The van der Waals surface area contributed by atoms with Gasteiger partial charge in [-0.25, -0.2) is 4.57 Å². The van der Waals surface area contributed by atoms with Gasteiger partial charge in [-0.1, -0.05) is 168 Å². The Hall–Kier alpha value is -0.460. The fraction of sp³-hybridized carbons (Fsp3) is 0.970. The van der Waals surface area contributed by atoms with E-state index in [1.807, 2.05) is 0 Å². The van der Waals surface area contributed by atoms with Gasteiger partial charge in [0.1, 0.15) is 0 Å². The summed E-state index contributed by atoms with van der Waals surface area (Å²) in [5, 5.41) is 13.4. The zero-order valence-corrected chi connectivity index (χ0v) is 27.9. The minimum Gasteiger partial charge on any atom is -0.391 e. The lowest BCUT2D eigenvalue weighted by Gasteiger charge is -2.24. The summed E-state index contributed by atoms with van der Waals surface area (Å²) >= 11 is 0. The summed E-state index contributed by atoms with van der Waals surface area (Å²) in [6.07, 6.45) is 30.8. The normalized spacial score (nSPS) is 13.4. The van der Waals surface area contributed by atoms with Crippen molar-refractivity contribution in [1.29, 1.82) is 0 Å². The molecule has 0 unspecified atom stereocenters. The second kappa shape index (κ2) is 29.6. The number of nitrogens with one attached hydrogen (secondary N) is 1. The zero-order chi connectivity index (χ0) is 30.4. The molecule has 41 heavy (non-hydrogen) atoms. The molecule has 246 valence electrons. The van der Waals surface area contributed by atoms with Crippen molar-refractivity contribution < 1.29 is 28.8 Å². The quantitative estimate of drug-likeness (QED) is 0.0448. The van der Waals surface area contributed by atoms with Crippen LogP contribution in [-0.4, -0.2) is 39.6 Å². The molecule has 0 spiro atoms. The van der Waals surface area contributed by atoms with Crippen LogP contribution in [0.4, 0.5) is 0 Å². The lowest BCUT2D eigenvalue weighted by Crippen LogP contribution is -2.46. The molecule has 8 heteroatoms. The van der Waals surface area contributed by atoms with E-state index in [4.69, 9.17) is 9.79 Å². The van der Waals surface area contributed by atoms with Crippen LogP contribution in [-0.2, 0) is 13.9 Å². The first-order chi connectivity index (χ1) is 19.8. The summed E-state index contributed by atoms with van der Waals surface area (Å²) in [6.45, 7) is 4.09. The standard InChI is InChI=1S/C33H68NO6P/c1-3-5-7-9-11-13-15-16-17-18-19-20-22-24-26-28-32(35)31(30-40-41(37,38)39)34-33(36)29-27-25-23-21-14-12-10-8-6-4-2/h31-32,35H,3-30H2,1-2H3,(H,34,36)(H2,37,38,39)/t31-,32+/m0/s1. The second-order valence-corrected chi connectivity index (χ2v) is 13.4. The van der Waals surface area contributed by atoms with Crippen molar-refractivity contribution in [3.63, 3.8) is 0 Å². The van der Waals surface area contributed by atoms with E-state index in [-0.39, 0.29) is 5.91 Å². The van der Waals surface area contributed by atoms with E-state index in [0.29, 0.717) is 12.8 Å². The first-order valence-corrected chi connectivity index (χ1v) is 19.0. The Balaban J connectivity index is 3.98. The van der Waals surface area contributed by atoms with Crippen LogP contribution in [0, 0.1) is 0 Å². The molecule has 0 saturated carbocycles. The zero-order valence-electron chi connectivity index (χ0n) is 27.0. The van der Waals surface area contributed by atoms with Gasteiger partial charge in [0.05, 0.1) is 18.8 Å². The molecule has 0 radical (unpaired) electrons. The van der Waals surface area contributed by atoms with E-state index in [2.05, 4.69) is 23.7 Å². The van der Waals surface area contributed by atoms with Crippen molar-refractivity contribution in [1.82, 2.24) is 5.32 Å². The highest BCUT2D eigenvalue weighted by molar-refractivity contribution is 7.46. The predicted molar refractivity (Wildman–Crippen MR) is 172 cm³/mol. The number of aliphatic hydroxyl groups excluding tert-OH is 1. The number of amides is 1. The van der Waals surface area contributed by atoms with Gasteiger partial charge >= 0.3 is 7.82 Å². The summed E-state index contributed by atoms with van der Waals surface area (Å²) in [6, 6.07) is -0.815. The number of phosphoric ester groups is 1. The lowest BCUT2D eigenvalue weighted by atomic mass is 10.0. The van der Waals surface area contributed by atoms with Gasteiger partial charge < -0.3 is 20.2 Å². The van der Waals surface area contributed by atoms with Crippen LogP contribution in [0.2, 0.25) is 0 Å². The Morgan fingerprint density at radius 3 is 1.32 bits per heavy atom. The van der Waals surface area contributed by atoms with E-state index in [9.17, 15) is 14.5 Å². The number of hydrogen-bond acceptors (Lipinski definition) is 4. The van der Waals surface area contributed by atoms with E-state index < -0.39 is 26.6 Å². The fourth-order valence-corrected chi connectivity index (χ4v) is 5.76. The largest absolute Gasteiger partial charge is 0.469 e. The Kier molecular flexibility index (Phi) is 29.3. The van der Waals surface area contributed by atoms with Crippen LogP contribution in [0.15, 0.2) is 0 Å². The summed E-state index contributed by atoms with van der Waals surface area (Å²) in [4.78, 5) is 30.7. The summed E-state index contributed by atoms with van der Waals surface area (Å²) in [5.74, 6) is -0.195. The van der Waals surface area contributed by atoms with Gasteiger partial charge in [0.25, 0.3) is 0 Å². The molecule has 2 atom stereocenters. The summed E-state index contributed by atoms with van der Waals surface area (Å²) in [5.41, 5.74) is 0. The summed E-state index contributed by atoms with van der Waals surface area (Å²) < 4.78 is 15.8. The smallest absolute Gasteiger partial charge is 0.391 e. The molecule has 7 nitrogen and oxygen atoms in total. The average molecular weight is 606 g/mol. The Labute approximate surface area is 253 Å². The molecule has 0 aliphatic carbocycles. The highest BCUT2D eigenvalue weighted by Crippen LogP contribution is 2.36. The molecule has 1 amide bonds. The highest BCUT2D eigenvalue weighted by Gasteiger charge is 2.25. The van der Waals surface area contributed by atoms with Crippen molar-refractivity contribution >= 4 is 13.7 Å². The minimum absolute atomic E-state index is 0.195. The first kappa shape index (κ1) is 40.5. The minimum atomic E-state index is -4.67. The van der Waals surface area contributed by atoms with Crippen LogP contribution in [0.1, 0.15) is 187 Å². The lowest BCUT2D eigenvalue weighted by molar-refractivity contribution is -0.123. The molecular weight excluding hydrogens is 537 g/mol. The molecule has 0 aliphatic rings. The average Bonchev–Trinajstić information content (AvgIpc) is 2.93. The van der Waals surface area contributed by atoms with Crippen LogP contribution >= 0.6 is 7.82 Å². The third-order valence-electron chi connectivity index (χ3n) is 8.09. The third-order valence-corrected chi connectivity index (χ3v) is 8.58. The van der Waals surface area contributed by atoms with Crippen molar-refractivity contribution in [2.45, 2.75) is 199 Å². The molecule has 0 aromatic carbocycles. The van der Waals surface area contributed by atoms with Gasteiger partial charge in [-0.05, 0) is 12.8 Å². The molecule has 0 heterocycles. The molecular formula is C33H68NO6P. The van der Waals surface area contributed by atoms with Crippen LogP contribution in [0.5, 0.6) is 0 Å². The second-order valence-electron chi connectivity index (χ2n) is 12.2. The highest BCUT2D eigenvalue weighted by atomic mass is 31.2. The van der Waals surface area contributed by atoms with Crippen LogP contribution < -0.4 is 5.32 Å². The third kappa shape index (κ3) is 30.8. The molecule has 0 aliphatic heterocycles. The molecule has 0 rings (SSSR count). The maximum absolute atomic E-state index is 12.5. The van der Waals surface area contributed by atoms with Gasteiger partial charge in [0.2, 0.25) is 5.91 Å². The Bertz CT molecular complexity index is 615. The fourth-order valence-electron chi connectivity index (χ4n) is 5.40. The van der Waals surface area contributed by atoms with E-state index in [0.717, 1.165) is 38.5 Å². The number of hydrogen-bond donors (Lipinski definition) is 4. The molecule has 0 aromatic heterocycles. The van der Waals surface area contributed by atoms with Gasteiger partial charge in [0, 0.05) is 6.42 Å². The number of unbranched alkanes of at least 4 members (excludes halogenated alkanes) is 23. The van der Waals surface area contributed by atoms with E-state index in [1.165, 1.54) is 122 Å². The van der Waals surface area contributed by atoms with Crippen LogP contribution in [0.3, 0.4) is 0 Å². The predicted octanol–water partition coefficient (Wildman–Crippen LogP) is 9.51. The maximum Gasteiger partial charge on any atom is 0.469 e. The number of rotatable bonds is 32. The molecule has 0 bridgehead atoms. The number of carbonyl (C=O) groups excluding carboxylic acids is 1. The van der Waals surface area contributed by atoms with Gasteiger partial charge in [0.15, 0.2) is 0 Å². The van der Waals surface area contributed by atoms with Crippen molar-refractivity contribution in [3.8, 4) is 0 Å². The molecule has 0 fully saturated rings. The van der Waals surface area contributed by atoms with Crippen molar-refractivity contribution in [2.75, 3.05) is 6.61 Å². The topological polar surface area (TPSA) is 116 Å². The monoisotopic (exact) mass is 605 g/mol. The Morgan fingerprint density at radius 2 is 0.951 bits per heavy atom. The van der Waals surface area contributed by atoms with E-state index >= 15 is 0 Å². The van der Waals surface area contributed by atoms with Crippen LogP contribution in [0.25, 0.3) is 0 Å². The Morgan fingerprint density at radius 1 is 0.610 bits per heavy atom. The van der Waals surface area contributed by atoms with Gasteiger partial charge in [-0.15, -0.1) is 0 Å². The van der Waals surface area contributed by atoms with Crippen molar-refractivity contribution in [3.05, 3.63) is 0 Å². The number of phosphoric acid groups is 1. The SMILES string of the molecule is CCCCCCCCCCCCCCCCC[C@@H](O)[C@H](COP(=O)(O)O)NC(=O)CCCCCCCCCCCC. The summed E-state index contributed by atoms with van der Waals surface area (Å²) in [7, 11) is -4.67. The molecule has 4 N–H and O–H groups in total. The van der Waals surface area contributed by atoms with Crippen molar-refractivity contribution in [2.24, 2.45) is 0 Å². The molecule has 0 aromatic rings. The molecule has 0 saturated heterocycles. The van der Waals surface area contributed by atoms with Gasteiger partial charge in [-0.2, -0.15) is 0 Å². The first-order valence-electron chi connectivity index (χ1n) is 17.5. The number of aliphatic hydroxyl groups is 1. The van der Waals surface area contributed by atoms with E-state index in [1.54, 1.807) is 0 Å².